The highest BCUT2D eigenvalue weighted by molar-refractivity contribution is 6.09. The summed E-state index contributed by atoms with van der Waals surface area (Å²) < 4.78 is 0. The summed E-state index contributed by atoms with van der Waals surface area (Å²) in [6.07, 6.45) is 8.75. The molecule has 3 fully saturated rings. The molecule has 0 unspecified atom stereocenters. The van der Waals surface area contributed by atoms with Gasteiger partial charge in [0.1, 0.15) is 6.54 Å². The van der Waals surface area contributed by atoms with E-state index in [4.69, 9.17) is 0 Å². The van der Waals surface area contributed by atoms with Crippen molar-refractivity contribution in [2.45, 2.75) is 25.7 Å². The fourth-order valence-corrected chi connectivity index (χ4v) is 6.17. The smallest absolute Gasteiger partial charge is 0.244 e. The normalized spacial score (nSPS) is 37.3. The highest BCUT2D eigenvalue weighted by atomic mass is 16.2. The molecule has 1 N–H and O–H groups in total. The molecule has 0 radical (unpaired) electrons. The Morgan fingerprint density at radius 2 is 1.67 bits per heavy atom. The molecule has 27 heavy (non-hydrogen) atoms. The molecule has 0 spiro atoms. The molecule has 3 amide bonds. The molecule has 2 bridgehead atoms. The van der Waals surface area contributed by atoms with Crippen LogP contribution < -0.4 is 5.32 Å². The topological polar surface area (TPSA) is 66.5 Å². The van der Waals surface area contributed by atoms with E-state index in [9.17, 15) is 14.4 Å². The fourth-order valence-electron chi connectivity index (χ4n) is 6.17. The van der Waals surface area contributed by atoms with E-state index in [1.807, 2.05) is 12.1 Å². The number of fused-ring (bicyclic) bond motifs is 1. The van der Waals surface area contributed by atoms with E-state index in [2.05, 4.69) is 23.5 Å². The van der Waals surface area contributed by atoms with Crippen LogP contribution in [0.3, 0.4) is 0 Å². The molecule has 0 aromatic heterocycles. The van der Waals surface area contributed by atoms with Crippen molar-refractivity contribution in [3.8, 4) is 0 Å². The number of anilines is 1. The number of allylic oxidation sites excluding steroid dienone is 2. The van der Waals surface area contributed by atoms with Crippen molar-refractivity contribution in [1.82, 2.24) is 4.90 Å². The van der Waals surface area contributed by atoms with Crippen LogP contribution in [0.1, 0.15) is 24.0 Å². The van der Waals surface area contributed by atoms with Crippen molar-refractivity contribution in [1.29, 1.82) is 0 Å². The number of amides is 3. The van der Waals surface area contributed by atoms with Crippen LogP contribution in [0, 0.1) is 35.5 Å². The molecule has 2 saturated carbocycles. The molecule has 6 atom stereocenters. The van der Waals surface area contributed by atoms with Crippen molar-refractivity contribution in [3.05, 3.63) is 41.5 Å². The number of hydrogen-bond donors (Lipinski definition) is 1. The maximum absolute atomic E-state index is 12.9. The summed E-state index contributed by atoms with van der Waals surface area (Å²) in [6, 6.07) is 5.99. The first-order chi connectivity index (χ1) is 13.1. The molecule has 5 heteroatoms. The van der Waals surface area contributed by atoms with Crippen molar-refractivity contribution in [2.75, 3.05) is 11.9 Å². The number of likely N-dealkylation sites (tertiary alicyclic amines) is 1. The van der Waals surface area contributed by atoms with Gasteiger partial charge in [-0.2, -0.15) is 0 Å². The van der Waals surface area contributed by atoms with Gasteiger partial charge in [-0.05, 0) is 72.6 Å². The molecule has 1 heterocycles. The molecule has 1 aromatic rings. The summed E-state index contributed by atoms with van der Waals surface area (Å²) in [4.78, 5) is 39.6. The third kappa shape index (κ3) is 2.14. The summed E-state index contributed by atoms with van der Waals surface area (Å²) >= 11 is 0. The van der Waals surface area contributed by atoms with Crippen LogP contribution in [0.5, 0.6) is 0 Å². The fraction of sp³-hybridized carbons (Fsp3) is 0.500. The van der Waals surface area contributed by atoms with Crippen LogP contribution >= 0.6 is 0 Å². The second-order valence-corrected chi connectivity index (χ2v) is 8.80. The third-order valence-electron chi connectivity index (χ3n) is 7.44. The zero-order valence-corrected chi connectivity index (χ0v) is 15.1. The van der Waals surface area contributed by atoms with Gasteiger partial charge in [-0.1, -0.05) is 18.2 Å². The zero-order valence-electron chi connectivity index (χ0n) is 15.1. The highest BCUT2D eigenvalue weighted by Crippen LogP contribution is 2.65. The number of carbonyl (C=O) groups excluding carboxylic acids is 3. The van der Waals surface area contributed by atoms with Crippen LogP contribution in [0.4, 0.5) is 5.69 Å². The maximum atomic E-state index is 12.9. The van der Waals surface area contributed by atoms with Crippen molar-refractivity contribution in [2.24, 2.45) is 35.5 Å². The van der Waals surface area contributed by atoms with Gasteiger partial charge in [-0.25, -0.2) is 0 Å². The van der Waals surface area contributed by atoms with Crippen molar-refractivity contribution in [3.63, 3.8) is 0 Å². The van der Waals surface area contributed by atoms with E-state index in [1.165, 1.54) is 16.0 Å². The molecule has 6 aliphatic rings. The molecule has 1 saturated heterocycles. The average molecular weight is 362 g/mol. The maximum Gasteiger partial charge on any atom is 0.244 e. The van der Waals surface area contributed by atoms with Gasteiger partial charge in [0.2, 0.25) is 17.7 Å². The summed E-state index contributed by atoms with van der Waals surface area (Å²) in [5, 5.41) is 2.88. The Morgan fingerprint density at radius 1 is 1.00 bits per heavy atom. The molecule has 1 aromatic carbocycles. The number of hydrogen-bond acceptors (Lipinski definition) is 3. The molecular weight excluding hydrogens is 340 g/mol. The van der Waals surface area contributed by atoms with Gasteiger partial charge in [-0.3, -0.25) is 19.3 Å². The van der Waals surface area contributed by atoms with Crippen LogP contribution in [-0.4, -0.2) is 29.2 Å². The van der Waals surface area contributed by atoms with Gasteiger partial charge in [0, 0.05) is 5.69 Å². The minimum absolute atomic E-state index is 0.140. The van der Waals surface area contributed by atoms with E-state index in [0.29, 0.717) is 11.8 Å². The van der Waals surface area contributed by atoms with E-state index >= 15 is 0 Å². The molecular formula is C22H22N2O3. The largest absolute Gasteiger partial charge is 0.325 e. The van der Waals surface area contributed by atoms with Gasteiger partial charge in [0.15, 0.2) is 0 Å². The number of imide groups is 1. The summed E-state index contributed by atoms with van der Waals surface area (Å²) in [5.41, 5.74) is 3.39. The lowest BCUT2D eigenvalue weighted by Crippen LogP contribution is -2.40. The van der Waals surface area contributed by atoms with Crippen LogP contribution in [0.15, 0.2) is 30.4 Å². The Bertz CT molecular complexity index is 884. The predicted molar refractivity (Wildman–Crippen MR) is 98.5 cm³/mol. The van der Waals surface area contributed by atoms with Crippen LogP contribution in [-0.2, 0) is 27.2 Å². The minimum Gasteiger partial charge on any atom is -0.325 e. The molecule has 138 valence electrons. The van der Waals surface area contributed by atoms with Crippen LogP contribution in [0.2, 0.25) is 0 Å². The lowest BCUT2D eigenvalue weighted by molar-refractivity contribution is -0.142. The third-order valence-corrected chi connectivity index (χ3v) is 7.44. The summed E-state index contributed by atoms with van der Waals surface area (Å²) in [7, 11) is 0. The van der Waals surface area contributed by atoms with Gasteiger partial charge >= 0.3 is 0 Å². The van der Waals surface area contributed by atoms with Crippen LogP contribution in [0.25, 0.3) is 0 Å². The highest BCUT2D eigenvalue weighted by Gasteiger charge is 2.67. The average Bonchev–Trinajstić information content (AvgIpc) is 3.31. The summed E-state index contributed by atoms with van der Waals surface area (Å²) in [5.74, 6) is 0.526. The first-order valence-electron chi connectivity index (χ1n) is 10.1. The number of nitrogens with one attached hydrogen (secondary N) is 1. The van der Waals surface area contributed by atoms with Gasteiger partial charge in [-0.15, -0.1) is 0 Å². The number of aryl methyl sites for hydroxylation is 2. The Labute approximate surface area is 157 Å². The van der Waals surface area contributed by atoms with Gasteiger partial charge < -0.3 is 5.32 Å². The quantitative estimate of drug-likeness (QED) is 0.662. The lowest BCUT2D eigenvalue weighted by Gasteiger charge is -2.37. The summed E-state index contributed by atoms with van der Waals surface area (Å²) in [6.45, 7) is -0.170. The lowest BCUT2D eigenvalue weighted by atomic mass is 9.63. The number of nitrogens with zero attached hydrogens (tertiary/aromatic N) is 1. The van der Waals surface area contributed by atoms with E-state index < -0.39 is 0 Å². The van der Waals surface area contributed by atoms with E-state index in [-0.39, 0.29) is 47.9 Å². The SMILES string of the molecule is O=C(CN1C(=O)[C@@H]2[C@@H]3C=C[C@H]([C@H]4C[C@H]34)[C@@H]2C1=O)Nc1ccc2c(c1)CCC2. The second-order valence-electron chi connectivity index (χ2n) is 8.80. The first kappa shape index (κ1) is 15.6. The first-order valence-corrected chi connectivity index (χ1v) is 10.1. The minimum atomic E-state index is -0.293. The molecule has 5 nitrogen and oxygen atoms in total. The molecule has 7 rings (SSSR count). The van der Waals surface area contributed by atoms with Gasteiger partial charge in [0.25, 0.3) is 0 Å². The number of rotatable bonds is 3. The van der Waals surface area contributed by atoms with E-state index in [1.54, 1.807) is 0 Å². The standard InChI is InChI=1S/C22H22N2O3/c25-18(23-13-5-4-11-2-1-3-12(11)8-13)10-24-21(26)19-14-6-7-15(17-9-16(14)17)20(19)22(24)27/h4-8,14-17,19-20H,1-3,9-10H2,(H,23,25)/t14-,15-,16-,17-,19-,20+/m1/s1. The predicted octanol–water partition coefficient (Wildman–Crippen LogP) is 2.17. The van der Waals surface area contributed by atoms with Crippen molar-refractivity contribution < 1.29 is 14.4 Å². The Balaban J connectivity index is 1.19. The number of carbonyl (C=O) groups is 3. The van der Waals surface area contributed by atoms with Crippen molar-refractivity contribution >= 4 is 23.4 Å². The molecule has 1 aliphatic heterocycles. The van der Waals surface area contributed by atoms with Gasteiger partial charge in [0.05, 0.1) is 11.8 Å². The number of benzene rings is 1. The Hall–Kier alpha value is -2.43. The van der Waals surface area contributed by atoms with E-state index in [0.717, 1.165) is 31.4 Å². The monoisotopic (exact) mass is 362 g/mol. The zero-order chi connectivity index (χ0) is 18.3. The Kier molecular flexibility index (Phi) is 3.07. The molecule has 5 aliphatic carbocycles. The Morgan fingerprint density at radius 3 is 2.37 bits per heavy atom. The second kappa shape index (κ2) is 5.31.